The molecule has 1 unspecified atom stereocenters. The number of likely N-dealkylation sites (N-methyl/N-ethyl adjacent to an activating group) is 1. The van der Waals surface area contributed by atoms with E-state index in [9.17, 15) is 4.79 Å². The standard InChI is InChI=1S/C8H15N3O/c1-3-4-5-6-7(12)11(2)8(9)10-6/h6H,3-5H2,1-2H3,(H2,9,10). The molecular formula is C8H15N3O. The molecule has 0 aromatic carbocycles. The van der Waals surface area contributed by atoms with Crippen LogP contribution in [0, 0.1) is 0 Å². The van der Waals surface area contributed by atoms with Gasteiger partial charge >= 0.3 is 0 Å². The van der Waals surface area contributed by atoms with Crippen molar-refractivity contribution in [2.75, 3.05) is 7.05 Å². The van der Waals surface area contributed by atoms with Crippen molar-refractivity contribution in [1.82, 2.24) is 4.90 Å². The highest BCUT2D eigenvalue weighted by Gasteiger charge is 2.29. The smallest absolute Gasteiger partial charge is 0.253 e. The van der Waals surface area contributed by atoms with Crippen LogP contribution in [0.2, 0.25) is 0 Å². The van der Waals surface area contributed by atoms with Crippen LogP contribution in [0.25, 0.3) is 0 Å². The van der Waals surface area contributed by atoms with Gasteiger partial charge in [-0.05, 0) is 6.42 Å². The third-order valence-electron chi connectivity index (χ3n) is 2.08. The van der Waals surface area contributed by atoms with E-state index >= 15 is 0 Å². The summed E-state index contributed by atoms with van der Waals surface area (Å²) in [4.78, 5) is 16.8. The Morgan fingerprint density at radius 3 is 2.75 bits per heavy atom. The number of hydrogen-bond donors (Lipinski definition) is 1. The maximum absolute atomic E-state index is 11.4. The van der Waals surface area contributed by atoms with Gasteiger partial charge in [-0.2, -0.15) is 0 Å². The minimum absolute atomic E-state index is 0.0287. The first-order valence-electron chi connectivity index (χ1n) is 4.27. The lowest BCUT2D eigenvalue weighted by Crippen LogP contribution is -2.35. The number of carbonyl (C=O) groups is 1. The summed E-state index contributed by atoms with van der Waals surface area (Å²) in [7, 11) is 1.66. The van der Waals surface area contributed by atoms with Crippen molar-refractivity contribution in [2.45, 2.75) is 32.2 Å². The number of amides is 1. The highest BCUT2D eigenvalue weighted by molar-refractivity contribution is 6.03. The van der Waals surface area contributed by atoms with Crippen molar-refractivity contribution in [3.63, 3.8) is 0 Å². The summed E-state index contributed by atoms with van der Waals surface area (Å²) in [6, 6.07) is -0.213. The number of unbranched alkanes of at least 4 members (excludes halogenated alkanes) is 1. The molecule has 4 heteroatoms. The van der Waals surface area contributed by atoms with E-state index in [4.69, 9.17) is 5.73 Å². The number of aliphatic imine (C=N–C) groups is 1. The molecule has 0 saturated carbocycles. The average Bonchev–Trinajstić information content (AvgIpc) is 2.30. The largest absolute Gasteiger partial charge is 0.369 e. The van der Waals surface area contributed by atoms with E-state index in [1.54, 1.807) is 7.05 Å². The molecule has 2 N–H and O–H groups in total. The number of rotatable bonds is 3. The van der Waals surface area contributed by atoms with Crippen molar-refractivity contribution in [1.29, 1.82) is 0 Å². The van der Waals surface area contributed by atoms with Crippen molar-refractivity contribution in [3.05, 3.63) is 0 Å². The molecular weight excluding hydrogens is 154 g/mol. The van der Waals surface area contributed by atoms with Crippen LogP contribution in [-0.2, 0) is 4.79 Å². The number of hydrogen-bond acceptors (Lipinski definition) is 3. The fourth-order valence-electron chi connectivity index (χ4n) is 1.22. The predicted molar refractivity (Wildman–Crippen MR) is 47.7 cm³/mol. The van der Waals surface area contributed by atoms with E-state index in [1.165, 1.54) is 4.90 Å². The molecule has 0 aliphatic carbocycles. The second kappa shape index (κ2) is 3.56. The van der Waals surface area contributed by atoms with Crippen LogP contribution in [-0.4, -0.2) is 29.9 Å². The van der Waals surface area contributed by atoms with E-state index in [2.05, 4.69) is 11.9 Å². The van der Waals surface area contributed by atoms with Crippen molar-refractivity contribution in [3.8, 4) is 0 Å². The summed E-state index contributed by atoms with van der Waals surface area (Å²) >= 11 is 0. The summed E-state index contributed by atoms with van der Waals surface area (Å²) in [5.74, 6) is 0.377. The molecule has 1 amide bonds. The summed E-state index contributed by atoms with van der Waals surface area (Å²) in [6.45, 7) is 2.09. The SMILES string of the molecule is CCCCC1N=C(N)N(C)C1=O. The Labute approximate surface area is 72.4 Å². The first-order valence-corrected chi connectivity index (χ1v) is 4.27. The monoisotopic (exact) mass is 169 g/mol. The van der Waals surface area contributed by atoms with E-state index < -0.39 is 0 Å². The highest BCUT2D eigenvalue weighted by atomic mass is 16.2. The zero-order chi connectivity index (χ0) is 9.14. The second-order valence-corrected chi connectivity index (χ2v) is 3.04. The van der Waals surface area contributed by atoms with Crippen LogP contribution >= 0.6 is 0 Å². The van der Waals surface area contributed by atoms with Crippen molar-refractivity contribution >= 4 is 11.9 Å². The molecule has 4 nitrogen and oxygen atoms in total. The van der Waals surface area contributed by atoms with Crippen LogP contribution in [0.4, 0.5) is 0 Å². The van der Waals surface area contributed by atoms with Gasteiger partial charge < -0.3 is 5.73 Å². The predicted octanol–water partition coefficient (Wildman–Crippen LogP) is 0.332. The van der Waals surface area contributed by atoms with E-state index in [0.29, 0.717) is 5.96 Å². The average molecular weight is 169 g/mol. The summed E-state index contributed by atoms with van der Waals surface area (Å²) < 4.78 is 0. The Bertz CT molecular complexity index is 212. The molecule has 0 aromatic rings. The maximum atomic E-state index is 11.4. The zero-order valence-electron chi connectivity index (χ0n) is 7.58. The van der Waals surface area contributed by atoms with Gasteiger partial charge in [-0.1, -0.05) is 19.8 Å². The molecule has 1 rings (SSSR count). The van der Waals surface area contributed by atoms with Crippen molar-refractivity contribution in [2.24, 2.45) is 10.7 Å². The highest BCUT2D eigenvalue weighted by Crippen LogP contribution is 2.12. The quantitative estimate of drug-likeness (QED) is 0.662. The number of guanidine groups is 1. The topological polar surface area (TPSA) is 58.7 Å². The minimum Gasteiger partial charge on any atom is -0.369 e. The zero-order valence-corrected chi connectivity index (χ0v) is 7.58. The molecule has 1 aliphatic heterocycles. The molecule has 68 valence electrons. The number of nitrogens with zero attached hydrogens (tertiary/aromatic N) is 2. The van der Waals surface area contributed by atoms with Crippen LogP contribution < -0.4 is 5.73 Å². The molecule has 12 heavy (non-hydrogen) atoms. The maximum Gasteiger partial charge on any atom is 0.253 e. The summed E-state index contributed by atoms with van der Waals surface area (Å²) in [6.07, 6.45) is 2.93. The van der Waals surface area contributed by atoms with E-state index in [1.807, 2.05) is 0 Å². The van der Waals surface area contributed by atoms with E-state index in [-0.39, 0.29) is 11.9 Å². The third-order valence-corrected chi connectivity index (χ3v) is 2.08. The first-order chi connectivity index (χ1) is 5.66. The molecule has 0 radical (unpaired) electrons. The summed E-state index contributed by atoms with van der Waals surface area (Å²) in [5, 5.41) is 0. The van der Waals surface area contributed by atoms with Gasteiger partial charge in [0.1, 0.15) is 6.04 Å². The second-order valence-electron chi connectivity index (χ2n) is 3.04. The number of nitrogens with two attached hydrogens (primary N) is 1. The normalized spacial score (nSPS) is 23.2. The third kappa shape index (κ3) is 1.57. The molecule has 1 aliphatic rings. The minimum atomic E-state index is -0.213. The van der Waals surface area contributed by atoms with Crippen molar-refractivity contribution < 1.29 is 4.79 Å². The number of carbonyl (C=O) groups excluding carboxylic acids is 1. The first kappa shape index (κ1) is 9.03. The van der Waals surface area contributed by atoms with Gasteiger partial charge in [-0.15, -0.1) is 0 Å². The Hall–Kier alpha value is -1.06. The molecule has 0 saturated heterocycles. The van der Waals surface area contributed by atoms with Crippen LogP contribution in [0.1, 0.15) is 26.2 Å². The molecule has 1 atom stereocenters. The Morgan fingerprint density at radius 2 is 2.33 bits per heavy atom. The lowest BCUT2D eigenvalue weighted by Gasteiger charge is -2.08. The van der Waals surface area contributed by atoms with Gasteiger partial charge in [0.15, 0.2) is 5.96 Å². The van der Waals surface area contributed by atoms with Gasteiger partial charge in [0.05, 0.1) is 0 Å². The molecule has 0 aromatic heterocycles. The Kier molecular flexibility index (Phi) is 2.68. The molecule has 0 bridgehead atoms. The lowest BCUT2D eigenvalue weighted by atomic mass is 10.1. The van der Waals surface area contributed by atoms with Gasteiger partial charge in [0, 0.05) is 7.05 Å². The van der Waals surface area contributed by atoms with Crippen LogP contribution in [0.3, 0.4) is 0 Å². The van der Waals surface area contributed by atoms with Gasteiger partial charge in [-0.25, -0.2) is 4.99 Å². The van der Waals surface area contributed by atoms with Gasteiger partial charge in [-0.3, -0.25) is 9.69 Å². The van der Waals surface area contributed by atoms with Crippen LogP contribution in [0.5, 0.6) is 0 Å². The van der Waals surface area contributed by atoms with E-state index in [0.717, 1.165) is 19.3 Å². The molecule has 0 fully saturated rings. The fraction of sp³-hybridized carbons (Fsp3) is 0.750. The Morgan fingerprint density at radius 1 is 1.67 bits per heavy atom. The lowest BCUT2D eigenvalue weighted by molar-refractivity contribution is -0.126. The van der Waals surface area contributed by atoms with Crippen LogP contribution in [0.15, 0.2) is 4.99 Å². The Balaban J connectivity index is 2.52. The fourth-order valence-corrected chi connectivity index (χ4v) is 1.22. The molecule has 0 spiro atoms. The van der Waals surface area contributed by atoms with Gasteiger partial charge in [0.2, 0.25) is 0 Å². The summed E-state index contributed by atoms with van der Waals surface area (Å²) in [5.41, 5.74) is 5.49. The molecule has 1 heterocycles. The van der Waals surface area contributed by atoms with Gasteiger partial charge in [0.25, 0.3) is 5.91 Å².